The molecule has 2 aromatic carbocycles. The molecule has 1 aliphatic heterocycles. The summed E-state index contributed by atoms with van der Waals surface area (Å²) in [5, 5.41) is 23.7. The number of nitrogens with two attached hydrogens (primary N) is 2. The van der Waals surface area contributed by atoms with Crippen molar-refractivity contribution in [1.82, 2.24) is 65.5 Å². The van der Waals surface area contributed by atoms with Gasteiger partial charge in [0, 0.05) is 55.8 Å². The van der Waals surface area contributed by atoms with Crippen LogP contribution in [0, 0.1) is 41.4 Å². The Morgan fingerprint density at radius 1 is 0.485 bits per heavy atom. The quantitative estimate of drug-likeness (QED) is 0.0930. The molecule has 0 bridgehead atoms. The Labute approximate surface area is 586 Å². The summed E-state index contributed by atoms with van der Waals surface area (Å²) in [6.45, 7) is 27.4. The minimum absolute atomic E-state index is 0.0274. The number of anilines is 2. The zero-order chi connectivity index (χ0) is 75.3. The minimum Gasteiger partial charge on any atom is -0.397 e. The number of aromatic nitrogens is 2. The summed E-state index contributed by atoms with van der Waals surface area (Å²) in [6, 6.07) is -1.89. The molecule has 1 aliphatic rings. The fourth-order valence-electron chi connectivity index (χ4n) is 12.7. The van der Waals surface area contributed by atoms with Crippen LogP contribution >= 0.6 is 0 Å². The number of aliphatic hydroxyl groups is 1. The van der Waals surface area contributed by atoms with Gasteiger partial charge in [-0.3, -0.25) is 52.7 Å². The number of H-pyrrole nitrogens is 1. The van der Waals surface area contributed by atoms with Crippen LogP contribution in [-0.2, 0) is 59.2 Å². The normalized spacial score (nSPS) is 24.7. The number of fused-ring (bicyclic) bond motifs is 1. The Balaban J connectivity index is 1.92. The topological polar surface area (TPSA) is 360 Å². The van der Waals surface area contributed by atoms with Crippen molar-refractivity contribution >= 4 is 87.4 Å². The van der Waals surface area contributed by atoms with E-state index < -0.39 is 156 Å². The zero-order valence-corrected chi connectivity index (χ0v) is 63.0. The van der Waals surface area contributed by atoms with Gasteiger partial charge in [0.05, 0.1) is 35.1 Å². The molecule has 3 aromatic rings. The first kappa shape index (κ1) is 83.1. The van der Waals surface area contributed by atoms with Gasteiger partial charge < -0.3 is 77.1 Å². The first-order valence-corrected chi connectivity index (χ1v) is 34.8. The second kappa shape index (κ2) is 36.1. The number of carbonyl (C=O) groups excluding carboxylic acids is 11. The molecule has 1 aromatic heterocycles. The van der Waals surface area contributed by atoms with Gasteiger partial charge in [-0.1, -0.05) is 109 Å². The van der Waals surface area contributed by atoms with Crippen molar-refractivity contribution in [2.45, 2.75) is 216 Å². The van der Waals surface area contributed by atoms with E-state index in [-0.39, 0.29) is 62.2 Å². The molecule has 27 heteroatoms. The van der Waals surface area contributed by atoms with E-state index >= 15 is 19.2 Å². The number of nitrogens with zero attached hydrogens (tertiary/aromatic N) is 8. The number of hydrogen-bond acceptors (Lipinski definition) is 15. The molecule has 0 aliphatic carbocycles. The Hall–Kier alpha value is -8.36. The monoisotopic (exact) mass is 1380 g/mol. The van der Waals surface area contributed by atoms with E-state index in [4.69, 9.17) is 16.5 Å². The van der Waals surface area contributed by atoms with Crippen LogP contribution in [0.25, 0.3) is 22.2 Å². The lowest BCUT2D eigenvalue weighted by Crippen LogP contribution is -2.63. The number of benzene rings is 2. The number of aliphatic hydroxyl groups excluding tert-OH is 1. The molecule has 0 saturated carbocycles. The number of aromatic amines is 1. The second-order valence-corrected chi connectivity index (χ2v) is 29.8. The highest BCUT2D eigenvalue weighted by molar-refractivity contribution is 6.00. The smallest absolute Gasteiger partial charge is 0.246 e. The molecule has 1 saturated heterocycles. The number of rotatable bonds is 16. The van der Waals surface area contributed by atoms with Crippen LogP contribution in [0.4, 0.5) is 11.4 Å². The van der Waals surface area contributed by atoms with Gasteiger partial charge in [-0.15, -0.1) is 0 Å². The highest BCUT2D eigenvalue weighted by atomic mass is 16.3. The van der Waals surface area contributed by atoms with E-state index in [1.54, 1.807) is 53.7 Å². The van der Waals surface area contributed by atoms with E-state index in [9.17, 15) is 38.7 Å². The first-order chi connectivity index (χ1) is 46.0. The molecule has 0 radical (unpaired) electrons. The number of nitrogen functional groups attached to an aromatic ring is 2. The van der Waals surface area contributed by atoms with E-state index in [0.29, 0.717) is 28.2 Å². The maximum absolute atomic E-state index is 15.6. The van der Waals surface area contributed by atoms with E-state index in [1.165, 1.54) is 87.7 Å². The van der Waals surface area contributed by atoms with Crippen molar-refractivity contribution < 1.29 is 57.8 Å². The lowest BCUT2D eigenvalue weighted by atomic mass is 9.91. The van der Waals surface area contributed by atoms with Crippen molar-refractivity contribution in [3.8, 4) is 11.1 Å². The van der Waals surface area contributed by atoms with Crippen LogP contribution < -0.4 is 32.7 Å². The molecule has 0 spiro atoms. The SMILES string of the molecule is CC[C@@H]1NC(=O)[C@H]([C@H](O)[C@H](C)Cc2nc3ccc(-c4ccc(N)c(N)c4)cc3[nH]2)N(C)C(=O)[C@H](C(C)C)N(C)C(=O)[C@H](CC(C)C)N(C)C(=O)[C@H](CC(C)C)N(C)C(=O)[C@@H](C)NC(=O)[C@H](C)NC(=O)[C@H](CC(C)C)N(C)C(=O)[C@H](C(C)C)NC(=O)[C@H](CC(C)C)N(C)C(=O)CN(C)C1=O. The number of imidazole rings is 1. The number of amides is 11. The molecule has 11 amide bonds. The third-order valence-electron chi connectivity index (χ3n) is 18.8. The highest BCUT2D eigenvalue weighted by Gasteiger charge is 2.46. The summed E-state index contributed by atoms with van der Waals surface area (Å²) in [5.41, 5.74) is 15.9. The lowest BCUT2D eigenvalue weighted by molar-refractivity contribution is -0.157. The zero-order valence-electron chi connectivity index (χ0n) is 63.0. The fourth-order valence-corrected chi connectivity index (χ4v) is 12.7. The van der Waals surface area contributed by atoms with Crippen LogP contribution in [0.15, 0.2) is 36.4 Å². The third-order valence-corrected chi connectivity index (χ3v) is 18.8. The maximum Gasteiger partial charge on any atom is 0.246 e. The average Bonchev–Trinajstić information content (AvgIpc) is 1.79. The molecule has 552 valence electrons. The summed E-state index contributed by atoms with van der Waals surface area (Å²) in [4.78, 5) is 179. The van der Waals surface area contributed by atoms with Gasteiger partial charge in [-0.05, 0) is 123 Å². The molecular formula is C72H117N15O12. The molecule has 0 unspecified atom stereocenters. The molecule has 2 heterocycles. The van der Waals surface area contributed by atoms with E-state index in [1.807, 2.05) is 79.7 Å². The van der Waals surface area contributed by atoms with Gasteiger partial charge in [-0.2, -0.15) is 0 Å². The molecule has 4 rings (SSSR count). The number of nitrogens with one attached hydrogen (secondary N) is 5. The molecule has 99 heavy (non-hydrogen) atoms. The predicted octanol–water partition coefficient (Wildman–Crippen LogP) is 4.25. The van der Waals surface area contributed by atoms with Gasteiger partial charge in [-0.25, -0.2) is 4.98 Å². The van der Waals surface area contributed by atoms with Crippen molar-refractivity contribution in [3.05, 3.63) is 42.2 Å². The Morgan fingerprint density at radius 2 is 0.949 bits per heavy atom. The predicted molar refractivity (Wildman–Crippen MR) is 383 cm³/mol. The van der Waals surface area contributed by atoms with E-state index in [0.717, 1.165) is 20.9 Å². The van der Waals surface area contributed by atoms with Crippen molar-refractivity contribution in [2.24, 2.45) is 41.4 Å². The summed E-state index contributed by atoms with van der Waals surface area (Å²) in [5.74, 6) is -10.00. The van der Waals surface area contributed by atoms with Gasteiger partial charge in [0.1, 0.15) is 66.2 Å². The standard InChI is InChI=1S/C72H117N15O12/c1-24-50-68(95)81(17)36-58(88)82(18)53(29-37(2)3)65(92)80-59(41(10)11)71(98)83(19)54(30-38(4)5)64(91)75-44(15)63(90)76-45(16)67(94)84(20)55(31-39(6)7)69(96)85(21)56(32-40(8)9)70(97)86(22)60(42(12)13)72(99)87(23)61(66(93)79-50)62(89)43(14)33-57-77-51-28-26-47(35-52(51)78-57)46-25-27-48(73)49(74)34-46/h25-28,34-35,37-45,50,53-56,59-62,89H,24,29-33,36,73-74H2,1-23H3,(H,75,91)(H,76,90)(H,77,78)(H,79,93)(H,80,92)/t43-,44+,45-,50+,53+,54+,55+,56+,59+,60+,61+,62-/m1/s1. The molecule has 10 N–H and O–H groups in total. The minimum atomic E-state index is -1.74. The number of hydrogen-bond donors (Lipinski definition) is 8. The second-order valence-electron chi connectivity index (χ2n) is 29.8. The van der Waals surface area contributed by atoms with Crippen molar-refractivity contribution in [1.29, 1.82) is 0 Å². The fraction of sp³-hybridized carbons (Fsp3) is 0.667. The molecule has 1 fully saturated rings. The van der Waals surface area contributed by atoms with Gasteiger partial charge in [0.15, 0.2) is 0 Å². The third kappa shape index (κ3) is 21.3. The summed E-state index contributed by atoms with van der Waals surface area (Å²) >= 11 is 0. The van der Waals surface area contributed by atoms with Crippen LogP contribution in [0.5, 0.6) is 0 Å². The van der Waals surface area contributed by atoms with Crippen LogP contribution in [-0.4, -0.2) is 237 Å². The molecule has 12 atom stereocenters. The maximum atomic E-state index is 15.6. The number of carbonyl (C=O) groups is 11. The van der Waals surface area contributed by atoms with Crippen molar-refractivity contribution in [3.63, 3.8) is 0 Å². The van der Waals surface area contributed by atoms with E-state index in [2.05, 4.69) is 26.3 Å². The Bertz CT molecular complexity index is 3350. The van der Waals surface area contributed by atoms with Crippen LogP contribution in [0.1, 0.15) is 149 Å². The molecule has 27 nitrogen and oxygen atoms in total. The van der Waals surface area contributed by atoms with Gasteiger partial charge in [0.2, 0.25) is 65.0 Å². The highest BCUT2D eigenvalue weighted by Crippen LogP contribution is 2.30. The lowest BCUT2D eigenvalue weighted by Gasteiger charge is -2.41. The number of likely N-dealkylation sites (N-methyl/N-ethyl adjacent to an activating group) is 7. The Kier molecular flexibility index (Phi) is 30.3. The largest absolute Gasteiger partial charge is 0.397 e. The molecular weight excluding hydrogens is 1270 g/mol. The Morgan fingerprint density at radius 3 is 1.46 bits per heavy atom. The summed E-state index contributed by atoms with van der Waals surface area (Å²) in [7, 11) is 9.85. The van der Waals surface area contributed by atoms with Gasteiger partial charge >= 0.3 is 0 Å². The van der Waals surface area contributed by atoms with Crippen LogP contribution in [0.3, 0.4) is 0 Å². The first-order valence-electron chi connectivity index (χ1n) is 34.8. The average molecular weight is 1380 g/mol. The van der Waals surface area contributed by atoms with Crippen LogP contribution in [0.2, 0.25) is 0 Å². The van der Waals surface area contributed by atoms with Gasteiger partial charge in [0.25, 0.3) is 0 Å². The summed E-state index contributed by atoms with van der Waals surface area (Å²) < 4.78 is 0. The van der Waals surface area contributed by atoms with Crippen molar-refractivity contribution in [2.75, 3.05) is 67.3 Å². The summed E-state index contributed by atoms with van der Waals surface area (Å²) in [6.07, 6.45) is -1.13.